The SMILES string of the molecule is O=C(c1ccc(NC2CC2)c([N+](=O)[O-])c1)N1CCc2sccc2C1c1cccs1. The third-order valence-electron chi connectivity index (χ3n) is 5.42. The fourth-order valence-corrected chi connectivity index (χ4v) is 5.60. The van der Waals surface area contributed by atoms with Gasteiger partial charge in [0.1, 0.15) is 5.69 Å². The third-order valence-corrected chi connectivity index (χ3v) is 7.34. The second-order valence-electron chi connectivity index (χ2n) is 7.37. The quantitative estimate of drug-likeness (QED) is 0.457. The summed E-state index contributed by atoms with van der Waals surface area (Å²) in [5, 5.41) is 18.9. The summed E-state index contributed by atoms with van der Waals surface area (Å²) in [6.07, 6.45) is 2.86. The summed E-state index contributed by atoms with van der Waals surface area (Å²) in [5.74, 6) is -0.165. The second kappa shape index (κ2) is 7.27. The van der Waals surface area contributed by atoms with Crippen molar-refractivity contribution in [3.05, 3.63) is 78.2 Å². The van der Waals surface area contributed by atoms with Crippen LogP contribution in [0.1, 0.15) is 44.6 Å². The summed E-state index contributed by atoms with van der Waals surface area (Å²) in [7, 11) is 0. The number of hydrogen-bond donors (Lipinski definition) is 1. The lowest BCUT2D eigenvalue weighted by Gasteiger charge is -2.35. The molecule has 1 aliphatic heterocycles. The predicted molar refractivity (Wildman–Crippen MR) is 115 cm³/mol. The molecule has 1 aliphatic carbocycles. The number of anilines is 1. The van der Waals surface area contributed by atoms with Gasteiger partial charge in [0.25, 0.3) is 11.6 Å². The molecule has 6 nitrogen and oxygen atoms in total. The maximum Gasteiger partial charge on any atom is 0.293 e. The Labute approximate surface area is 175 Å². The lowest BCUT2D eigenvalue weighted by atomic mass is 9.97. The van der Waals surface area contributed by atoms with E-state index in [4.69, 9.17) is 0 Å². The van der Waals surface area contributed by atoms with Crippen LogP contribution in [0.4, 0.5) is 11.4 Å². The highest BCUT2D eigenvalue weighted by Crippen LogP contribution is 2.40. The van der Waals surface area contributed by atoms with Gasteiger partial charge in [-0.15, -0.1) is 22.7 Å². The molecule has 0 bridgehead atoms. The Morgan fingerprint density at radius 3 is 2.76 bits per heavy atom. The smallest absolute Gasteiger partial charge is 0.293 e. The van der Waals surface area contributed by atoms with Gasteiger partial charge in [-0.1, -0.05) is 6.07 Å². The van der Waals surface area contributed by atoms with Crippen LogP contribution in [0.25, 0.3) is 0 Å². The van der Waals surface area contributed by atoms with Crippen molar-refractivity contribution in [2.75, 3.05) is 11.9 Å². The first-order valence-electron chi connectivity index (χ1n) is 9.57. The van der Waals surface area contributed by atoms with Crippen molar-refractivity contribution < 1.29 is 9.72 Å². The van der Waals surface area contributed by atoms with Crippen LogP contribution >= 0.6 is 22.7 Å². The molecule has 2 aromatic heterocycles. The Balaban J connectivity index is 1.51. The summed E-state index contributed by atoms with van der Waals surface area (Å²) in [4.78, 5) is 28.9. The van der Waals surface area contributed by atoms with Crippen LogP contribution in [0, 0.1) is 10.1 Å². The summed E-state index contributed by atoms with van der Waals surface area (Å²) >= 11 is 3.35. The predicted octanol–water partition coefficient (Wildman–Crippen LogP) is 5.08. The van der Waals surface area contributed by atoms with Crippen molar-refractivity contribution >= 4 is 40.0 Å². The molecule has 0 spiro atoms. The first-order chi connectivity index (χ1) is 14.1. The number of rotatable bonds is 5. The largest absolute Gasteiger partial charge is 0.377 e. The number of fused-ring (bicyclic) bond motifs is 1. The van der Waals surface area contributed by atoms with E-state index in [-0.39, 0.29) is 17.6 Å². The number of nitrogens with zero attached hydrogens (tertiary/aromatic N) is 2. The summed E-state index contributed by atoms with van der Waals surface area (Å²) in [6.45, 7) is 0.602. The molecule has 3 heterocycles. The van der Waals surface area contributed by atoms with Gasteiger partial charge in [-0.2, -0.15) is 0 Å². The van der Waals surface area contributed by atoms with E-state index in [0.29, 0.717) is 23.8 Å². The van der Waals surface area contributed by atoms with E-state index in [1.807, 2.05) is 22.4 Å². The fraction of sp³-hybridized carbons (Fsp3) is 0.286. The molecule has 1 aromatic carbocycles. The number of nitrogens with one attached hydrogen (secondary N) is 1. The zero-order chi connectivity index (χ0) is 20.0. The van der Waals surface area contributed by atoms with E-state index in [1.165, 1.54) is 16.5 Å². The number of nitro benzene ring substituents is 1. The Kier molecular flexibility index (Phi) is 4.60. The Hall–Kier alpha value is -2.71. The topological polar surface area (TPSA) is 75.5 Å². The number of carbonyl (C=O) groups excluding carboxylic acids is 1. The van der Waals surface area contributed by atoms with Gasteiger partial charge in [-0.3, -0.25) is 14.9 Å². The Morgan fingerprint density at radius 2 is 2.03 bits per heavy atom. The monoisotopic (exact) mass is 425 g/mol. The van der Waals surface area contributed by atoms with E-state index in [2.05, 4.69) is 16.8 Å². The minimum atomic E-state index is -0.411. The first kappa shape index (κ1) is 18.3. The van der Waals surface area contributed by atoms with Crippen LogP contribution in [-0.2, 0) is 6.42 Å². The van der Waals surface area contributed by atoms with E-state index < -0.39 is 4.92 Å². The minimum Gasteiger partial charge on any atom is -0.377 e. The molecule has 1 saturated carbocycles. The van der Waals surface area contributed by atoms with E-state index in [0.717, 1.165) is 24.1 Å². The zero-order valence-electron chi connectivity index (χ0n) is 15.5. The number of nitro groups is 1. The Morgan fingerprint density at radius 1 is 1.17 bits per heavy atom. The highest BCUT2D eigenvalue weighted by molar-refractivity contribution is 7.10. The molecule has 1 atom stereocenters. The highest BCUT2D eigenvalue weighted by atomic mass is 32.1. The van der Waals surface area contributed by atoms with E-state index in [1.54, 1.807) is 34.8 Å². The number of benzene rings is 1. The van der Waals surface area contributed by atoms with E-state index >= 15 is 0 Å². The number of thiophene rings is 2. The zero-order valence-corrected chi connectivity index (χ0v) is 17.2. The Bertz CT molecular complexity index is 1070. The maximum absolute atomic E-state index is 13.4. The molecular weight excluding hydrogens is 406 g/mol. The van der Waals surface area contributed by atoms with Gasteiger partial charge in [0.2, 0.25) is 0 Å². The maximum atomic E-state index is 13.4. The van der Waals surface area contributed by atoms with Crippen LogP contribution in [0.3, 0.4) is 0 Å². The summed E-state index contributed by atoms with van der Waals surface area (Å²) < 4.78 is 0. The van der Waals surface area contributed by atoms with Crippen molar-refractivity contribution in [1.82, 2.24) is 4.90 Å². The lowest BCUT2D eigenvalue weighted by Crippen LogP contribution is -2.39. The lowest BCUT2D eigenvalue weighted by molar-refractivity contribution is -0.384. The molecule has 0 radical (unpaired) electrons. The highest BCUT2D eigenvalue weighted by Gasteiger charge is 2.35. The van der Waals surface area contributed by atoms with Crippen molar-refractivity contribution in [1.29, 1.82) is 0 Å². The average molecular weight is 426 g/mol. The molecule has 148 valence electrons. The average Bonchev–Trinajstić information content (AvgIpc) is 3.19. The molecule has 1 amide bonds. The van der Waals surface area contributed by atoms with Crippen LogP contribution in [0.15, 0.2) is 47.2 Å². The number of amides is 1. The normalized spacial score (nSPS) is 18.3. The molecule has 3 aromatic rings. The van der Waals surface area contributed by atoms with Gasteiger partial charge in [0.05, 0.1) is 11.0 Å². The van der Waals surface area contributed by atoms with Crippen molar-refractivity contribution in [2.45, 2.75) is 31.3 Å². The molecule has 1 fully saturated rings. The second-order valence-corrected chi connectivity index (χ2v) is 9.35. The molecular formula is C21H19N3O3S2. The van der Waals surface area contributed by atoms with Gasteiger partial charge < -0.3 is 10.2 Å². The number of hydrogen-bond acceptors (Lipinski definition) is 6. The minimum absolute atomic E-state index is 0.0383. The van der Waals surface area contributed by atoms with Crippen LogP contribution < -0.4 is 5.32 Å². The molecule has 2 aliphatic rings. The first-order valence-corrected chi connectivity index (χ1v) is 11.3. The van der Waals surface area contributed by atoms with Gasteiger partial charge in [0.15, 0.2) is 0 Å². The molecule has 1 unspecified atom stereocenters. The molecule has 8 heteroatoms. The molecule has 0 saturated heterocycles. The fourth-order valence-electron chi connectivity index (χ4n) is 3.84. The van der Waals surface area contributed by atoms with Gasteiger partial charge in [0, 0.05) is 34.0 Å². The van der Waals surface area contributed by atoms with Crippen molar-refractivity contribution in [3.8, 4) is 0 Å². The summed E-state index contributed by atoms with van der Waals surface area (Å²) in [6, 6.07) is 11.1. The number of carbonyl (C=O) groups is 1. The molecule has 1 N–H and O–H groups in total. The summed E-state index contributed by atoms with van der Waals surface area (Å²) in [5.41, 5.74) is 1.98. The third kappa shape index (κ3) is 3.42. The van der Waals surface area contributed by atoms with Crippen LogP contribution in [0.5, 0.6) is 0 Å². The van der Waals surface area contributed by atoms with Crippen LogP contribution in [0.2, 0.25) is 0 Å². The molecule has 5 rings (SSSR count). The standard InChI is InChI=1S/C21H19N3O3S2/c25-21(13-3-6-16(22-14-4-5-14)17(12-13)24(26)27)23-9-7-18-15(8-11-29-18)20(23)19-2-1-10-28-19/h1-3,6,8,10-12,14,20,22H,4-5,7,9H2. The van der Waals surface area contributed by atoms with E-state index in [9.17, 15) is 14.9 Å². The van der Waals surface area contributed by atoms with Crippen molar-refractivity contribution in [3.63, 3.8) is 0 Å². The van der Waals surface area contributed by atoms with Crippen molar-refractivity contribution in [2.24, 2.45) is 0 Å². The van der Waals surface area contributed by atoms with Gasteiger partial charge in [-0.05, 0) is 59.9 Å². The van der Waals surface area contributed by atoms with Gasteiger partial charge in [-0.25, -0.2) is 0 Å². The van der Waals surface area contributed by atoms with Gasteiger partial charge >= 0.3 is 0 Å². The molecule has 29 heavy (non-hydrogen) atoms. The van der Waals surface area contributed by atoms with Crippen LogP contribution in [-0.4, -0.2) is 28.3 Å².